The molecule has 1 aromatic carbocycles. The Hall–Kier alpha value is -0.870. The lowest BCUT2D eigenvalue weighted by atomic mass is 9.96. The van der Waals surface area contributed by atoms with Crippen molar-refractivity contribution >= 4 is 21.8 Å². The van der Waals surface area contributed by atoms with Crippen molar-refractivity contribution in [1.82, 2.24) is 10.2 Å². The molecule has 0 spiro atoms. The summed E-state index contributed by atoms with van der Waals surface area (Å²) in [5.74, 6) is 1.03. The van der Waals surface area contributed by atoms with Crippen molar-refractivity contribution < 1.29 is 4.79 Å². The summed E-state index contributed by atoms with van der Waals surface area (Å²) in [6.07, 6.45) is 3.69. The number of benzene rings is 1. The smallest absolute Gasteiger partial charge is 0.222 e. The summed E-state index contributed by atoms with van der Waals surface area (Å²) in [7, 11) is 0. The molecular formula is C17H25BrN2O. The average Bonchev–Trinajstić information content (AvgIpc) is 2.52. The fraction of sp³-hybridized carbons (Fsp3) is 0.588. The predicted octanol–water partition coefficient (Wildman–Crippen LogP) is 3.23. The zero-order valence-corrected chi connectivity index (χ0v) is 14.4. The first-order valence-corrected chi connectivity index (χ1v) is 8.72. The maximum Gasteiger partial charge on any atom is 0.222 e. The van der Waals surface area contributed by atoms with Crippen LogP contribution < -0.4 is 5.32 Å². The summed E-state index contributed by atoms with van der Waals surface area (Å²) in [5, 5.41) is 3.41. The molecule has 0 radical (unpaired) electrons. The van der Waals surface area contributed by atoms with Crippen LogP contribution >= 0.6 is 15.9 Å². The third-order valence-corrected chi connectivity index (χ3v) is 4.99. The van der Waals surface area contributed by atoms with E-state index in [0.29, 0.717) is 12.3 Å². The normalized spacial score (nSPS) is 16.2. The first-order chi connectivity index (χ1) is 10.2. The second kappa shape index (κ2) is 8.54. The molecule has 1 aliphatic heterocycles. The van der Waals surface area contributed by atoms with Crippen molar-refractivity contribution in [3.8, 4) is 0 Å². The molecule has 0 atom stereocenters. The van der Waals surface area contributed by atoms with Crippen molar-refractivity contribution in [3.05, 3.63) is 34.3 Å². The molecule has 0 bridgehead atoms. The van der Waals surface area contributed by atoms with Crippen LogP contribution in [0.5, 0.6) is 0 Å². The van der Waals surface area contributed by atoms with E-state index in [1.165, 1.54) is 5.56 Å². The van der Waals surface area contributed by atoms with Gasteiger partial charge in [0.15, 0.2) is 0 Å². The van der Waals surface area contributed by atoms with E-state index in [9.17, 15) is 4.79 Å². The monoisotopic (exact) mass is 352 g/mol. The van der Waals surface area contributed by atoms with Crippen LogP contribution in [0.2, 0.25) is 0 Å². The van der Waals surface area contributed by atoms with Gasteiger partial charge in [-0.25, -0.2) is 0 Å². The Morgan fingerprint density at radius 1 is 1.33 bits per heavy atom. The average molecular weight is 353 g/mol. The van der Waals surface area contributed by atoms with Gasteiger partial charge in [-0.15, -0.1) is 0 Å². The molecule has 0 aromatic heterocycles. The summed E-state index contributed by atoms with van der Waals surface area (Å²) in [5.41, 5.74) is 1.22. The van der Waals surface area contributed by atoms with Crippen molar-refractivity contribution in [2.45, 2.75) is 32.6 Å². The third kappa shape index (κ3) is 5.11. The zero-order chi connectivity index (χ0) is 15.1. The lowest BCUT2D eigenvalue weighted by Gasteiger charge is -2.32. The number of aryl methyl sites for hydroxylation is 1. The zero-order valence-electron chi connectivity index (χ0n) is 12.8. The minimum Gasteiger partial charge on any atom is -0.343 e. The van der Waals surface area contributed by atoms with Crippen LogP contribution in [0.15, 0.2) is 28.7 Å². The molecule has 1 heterocycles. The molecule has 2 rings (SSSR count). The van der Waals surface area contributed by atoms with Gasteiger partial charge in [0.25, 0.3) is 0 Å². The number of amides is 1. The Bertz CT molecular complexity index is 456. The maximum absolute atomic E-state index is 12.3. The number of piperidine rings is 1. The quantitative estimate of drug-likeness (QED) is 0.852. The minimum atomic E-state index is 0.299. The fourth-order valence-electron chi connectivity index (χ4n) is 2.84. The largest absolute Gasteiger partial charge is 0.343 e. The van der Waals surface area contributed by atoms with Gasteiger partial charge in [-0.05, 0) is 49.9 Å². The number of rotatable bonds is 6. The van der Waals surface area contributed by atoms with E-state index in [-0.39, 0.29) is 0 Å². The van der Waals surface area contributed by atoms with Crippen molar-refractivity contribution in [1.29, 1.82) is 0 Å². The Morgan fingerprint density at radius 3 is 2.71 bits per heavy atom. The van der Waals surface area contributed by atoms with E-state index in [1.807, 2.05) is 23.1 Å². The molecule has 116 valence electrons. The first-order valence-electron chi connectivity index (χ1n) is 7.92. The lowest BCUT2D eigenvalue weighted by Crippen LogP contribution is -2.40. The molecular weight excluding hydrogens is 328 g/mol. The first kappa shape index (κ1) is 16.5. The van der Waals surface area contributed by atoms with E-state index in [0.717, 1.165) is 55.8 Å². The maximum atomic E-state index is 12.3. The Kier molecular flexibility index (Phi) is 6.71. The van der Waals surface area contributed by atoms with E-state index < -0.39 is 0 Å². The van der Waals surface area contributed by atoms with Crippen LogP contribution in [0.4, 0.5) is 0 Å². The second-order valence-corrected chi connectivity index (χ2v) is 6.58. The predicted molar refractivity (Wildman–Crippen MR) is 90.3 cm³/mol. The summed E-state index contributed by atoms with van der Waals surface area (Å²) < 4.78 is 1.10. The molecule has 0 saturated carbocycles. The summed E-state index contributed by atoms with van der Waals surface area (Å²) in [6.45, 7) is 6.11. The number of nitrogens with zero attached hydrogens (tertiary/aromatic N) is 1. The third-order valence-electron chi connectivity index (χ3n) is 4.22. The molecule has 4 heteroatoms. The SMILES string of the molecule is CCNCC1CCN(C(=O)CCc2ccccc2Br)CC1. The van der Waals surface area contributed by atoms with Gasteiger partial charge in [0.05, 0.1) is 0 Å². The summed E-state index contributed by atoms with van der Waals surface area (Å²) in [6, 6.07) is 8.15. The van der Waals surface area contributed by atoms with Gasteiger partial charge in [0.1, 0.15) is 0 Å². The van der Waals surface area contributed by atoms with Crippen LogP contribution in [0.1, 0.15) is 31.7 Å². The van der Waals surface area contributed by atoms with Crippen LogP contribution in [-0.4, -0.2) is 37.0 Å². The number of halogens is 1. The molecule has 0 aliphatic carbocycles. The highest BCUT2D eigenvalue weighted by Crippen LogP contribution is 2.20. The number of hydrogen-bond acceptors (Lipinski definition) is 2. The fourth-order valence-corrected chi connectivity index (χ4v) is 3.32. The number of nitrogens with one attached hydrogen (secondary N) is 1. The van der Waals surface area contributed by atoms with Gasteiger partial charge in [-0.3, -0.25) is 4.79 Å². The Labute approximate surface area is 136 Å². The standard InChI is InChI=1S/C17H25BrN2O/c1-2-19-13-14-9-11-20(12-10-14)17(21)8-7-15-5-3-4-6-16(15)18/h3-6,14,19H,2,7-13H2,1H3. The van der Waals surface area contributed by atoms with Gasteiger partial charge in [0, 0.05) is 24.0 Å². The topological polar surface area (TPSA) is 32.3 Å². The van der Waals surface area contributed by atoms with Gasteiger partial charge in [-0.1, -0.05) is 41.1 Å². The molecule has 1 fully saturated rings. The lowest BCUT2D eigenvalue weighted by molar-refractivity contribution is -0.132. The van der Waals surface area contributed by atoms with E-state index in [4.69, 9.17) is 0 Å². The summed E-state index contributed by atoms with van der Waals surface area (Å²) in [4.78, 5) is 14.3. The van der Waals surface area contributed by atoms with Crippen molar-refractivity contribution in [2.24, 2.45) is 5.92 Å². The molecule has 1 amide bonds. The molecule has 1 saturated heterocycles. The van der Waals surface area contributed by atoms with E-state index in [2.05, 4.69) is 34.2 Å². The Morgan fingerprint density at radius 2 is 2.05 bits per heavy atom. The van der Waals surface area contributed by atoms with Gasteiger partial charge >= 0.3 is 0 Å². The van der Waals surface area contributed by atoms with Crippen LogP contribution in [0, 0.1) is 5.92 Å². The van der Waals surface area contributed by atoms with E-state index in [1.54, 1.807) is 0 Å². The number of likely N-dealkylation sites (tertiary alicyclic amines) is 1. The number of carbonyl (C=O) groups excluding carboxylic acids is 1. The molecule has 1 aromatic rings. The molecule has 0 unspecified atom stereocenters. The van der Waals surface area contributed by atoms with Gasteiger partial charge < -0.3 is 10.2 Å². The second-order valence-electron chi connectivity index (χ2n) is 5.72. The van der Waals surface area contributed by atoms with Crippen molar-refractivity contribution in [3.63, 3.8) is 0 Å². The van der Waals surface area contributed by atoms with Gasteiger partial charge in [0.2, 0.25) is 5.91 Å². The number of hydrogen-bond donors (Lipinski definition) is 1. The highest BCUT2D eigenvalue weighted by Gasteiger charge is 2.22. The van der Waals surface area contributed by atoms with Crippen LogP contribution in [0.25, 0.3) is 0 Å². The highest BCUT2D eigenvalue weighted by molar-refractivity contribution is 9.10. The van der Waals surface area contributed by atoms with E-state index >= 15 is 0 Å². The van der Waals surface area contributed by atoms with Gasteiger partial charge in [-0.2, -0.15) is 0 Å². The summed E-state index contributed by atoms with van der Waals surface area (Å²) >= 11 is 3.54. The molecule has 21 heavy (non-hydrogen) atoms. The van der Waals surface area contributed by atoms with Crippen LogP contribution in [0.3, 0.4) is 0 Å². The number of carbonyl (C=O) groups is 1. The van der Waals surface area contributed by atoms with Crippen molar-refractivity contribution in [2.75, 3.05) is 26.2 Å². The minimum absolute atomic E-state index is 0.299. The van der Waals surface area contributed by atoms with Crippen LogP contribution in [-0.2, 0) is 11.2 Å². The molecule has 1 N–H and O–H groups in total. The molecule has 1 aliphatic rings. The molecule has 3 nitrogen and oxygen atoms in total. The highest BCUT2D eigenvalue weighted by atomic mass is 79.9. The Balaban J connectivity index is 1.74.